The van der Waals surface area contributed by atoms with Crippen molar-refractivity contribution in [2.45, 2.75) is 32.7 Å². The lowest BCUT2D eigenvalue weighted by atomic mass is 10.1. The number of carbonyl (C=O) groups excluding carboxylic acids is 1. The number of nitrogens with zero attached hydrogens (tertiary/aromatic N) is 1. The molecule has 4 nitrogen and oxygen atoms in total. The van der Waals surface area contributed by atoms with Crippen molar-refractivity contribution in [3.8, 4) is 0 Å². The highest BCUT2D eigenvalue weighted by molar-refractivity contribution is 5.78. The van der Waals surface area contributed by atoms with Crippen LogP contribution in [0.5, 0.6) is 0 Å². The Hall–Kier alpha value is -1.42. The number of aliphatic hydroxyl groups is 1. The van der Waals surface area contributed by atoms with Gasteiger partial charge in [-0.25, -0.2) is 0 Å². The minimum Gasteiger partial charge on any atom is -0.394 e. The van der Waals surface area contributed by atoms with Gasteiger partial charge in [0.2, 0.25) is 5.91 Å². The normalized spacial score (nSPS) is 12.2. The van der Waals surface area contributed by atoms with Crippen molar-refractivity contribution in [1.29, 1.82) is 0 Å². The SMILES string of the molecule is CCC(CO)NC(=O)Cc1ncccc1C. The van der Waals surface area contributed by atoms with Crippen LogP contribution in [0.3, 0.4) is 0 Å². The second kappa shape index (κ2) is 6.23. The lowest BCUT2D eigenvalue weighted by molar-refractivity contribution is -0.121. The van der Waals surface area contributed by atoms with Crippen molar-refractivity contribution in [3.05, 3.63) is 29.6 Å². The summed E-state index contributed by atoms with van der Waals surface area (Å²) in [5.41, 5.74) is 1.79. The molecule has 0 aromatic carbocycles. The molecular formula is C12H18N2O2. The van der Waals surface area contributed by atoms with Crippen LogP contribution < -0.4 is 5.32 Å². The summed E-state index contributed by atoms with van der Waals surface area (Å²) in [7, 11) is 0. The fourth-order valence-electron chi connectivity index (χ4n) is 1.41. The van der Waals surface area contributed by atoms with Gasteiger partial charge in [0.25, 0.3) is 0 Å². The van der Waals surface area contributed by atoms with Crippen LogP contribution in [0.2, 0.25) is 0 Å². The number of aromatic nitrogens is 1. The summed E-state index contributed by atoms with van der Waals surface area (Å²) in [5.74, 6) is -0.0947. The molecule has 0 saturated heterocycles. The topological polar surface area (TPSA) is 62.2 Å². The predicted octanol–water partition coefficient (Wildman–Crippen LogP) is 0.820. The maximum Gasteiger partial charge on any atom is 0.226 e. The number of aliphatic hydroxyl groups excluding tert-OH is 1. The molecule has 0 bridgehead atoms. The molecular weight excluding hydrogens is 204 g/mol. The molecule has 0 aliphatic carbocycles. The number of hydrogen-bond donors (Lipinski definition) is 2. The van der Waals surface area contributed by atoms with Crippen LogP contribution in [-0.2, 0) is 11.2 Å². The fourth-order valence-corrected chi connectivity index (χ4v) is 1.41. The van der Waals surface area contributed by atoms with E-state index >= 15 is 0 Å². The number of nitrogens with one attached hydrogen (secondary N) is 1. The van der Waals surface area contributed by atoms with Crippen LogP contribution in [-0.4, -0.2) is 28.6 Å². The highest BCUT2D eigenvalue weighted by Gasteiger charge is 2.11. The molecule has 1 heterocycles. The van der Waals surface area contributed by atoms with Gasteiger partial charge in [-0.1, -0.05) is 13.0 Å². The van der Waals surface area contributed by atoms with Gasteiger partial charge in [-0.2, -0.15) is 0 Å². The third kappa shape index (κ3) is 3.62. The Kier molecular flexibility index (Phi) is 4.92. The fraction of sp³-hybridized carbons (Fsp3) is 0.500. The molecule has 2 N–H and O–H groups in total. The van der Waals surface area contributed by atoms with Crippen molar-refractivity contribution in [2.75, 3.05) is 6.61 Å². The van der Waals surface area contributed by atoms with Crippen LogP contribution in [0, 0.1) is 6.92 Å². The van der Waals surface area contributed by atoms with Gasteiger partial charge in [0, 0.05) is 6.20 Å². The maximum atomic E-state index is 11.6. The number of pyridine rings is 1. The summed E-state index contributed by atoms with van der Waals surface area (Å²) < 4.78 is 0. The first kappa shape index (κ1) is 12.6. The van der Waals surface area contributed by atoms with E-state index in [2.05, 4.69) is 10.3 Å². The molecule has 1 unspecified atom stereocenters. The second-order valence-corrected chi connectivity index (χ2v) is 3.80. The summed E-state index contributed by atoms with van der Waals surface area (Å²) in [6, 6.07) is 3.62. The molecule has 0 radical (unpaired) electrons. The first-order valence-corrected chi connectivity index (χ1v) is 5.48. The maximum absolute atomic E-state index is 11.6. The first-order chi connectivity index (χ1) is 7.67. The van der Waals surface area contributed by atoms with E-state index in [9.17, 15) is 4.79 Å². The number of rotatable bonds is 5. The smallest absolute Gasteiger partial charge is 0.226 e. The van der Waals surface area contributed by atoms with Gasteiger partial charge in [0.05, 0.1) is 24.8 Å². The molecule has 0 fully saturated rings. The number of carbonyl (C=O) groups is 1. The van der Waals surface area contributed by atoms with Crippen molar-refractivity contribution in [2.24, 2.45) is 0 Å². The Bertz CT molecular complexity index is 349. The Morgan fingerprint density at radius 1 is 1.62 bits per heavy atom. The van der Waals surface area contributed by atoms with E-state index < -0.39 is 0 Å². The summed E-state index contributed by atoms with van der Waals surface area (Å²) in [6.45, 7) is 3.83. The van der Waals surface area contributed by atoms with E-state index in [1.807, 2.05) is 26.0 Å². The average molecular weight is 222 g/mol. The minimum absolute atomic E-state index is 0.0244. The Morgan fingerprint density at radius 2 is 2.38 bits per heavy atom. The molecule has 1 rings (SSSR count). The number of amides is 1. The zero-order valence-electron chi connectivity index (χ0n) is 9.73. The van der Waals surface area contributed by atoms with Crippen LogP contribution in [0.4, 0.5) is 0 Å². The summed E-state index contributed by atoms with van der Waals surface area (Å²) in [6.07, 6.45) is 2.67. The number of hydrogen-bond acceptors (Lipinski definition) is 3. The Balaban J connectivity index is 2.55. The zero-order chi connectivity index (χ0) is 12.0. The van der Waals surface area contributed by atoms with E-state index in [1.54, 1.807) is 6.20 Å². The van der Waals surface area contributed by atoms with E-state index in [-0.39, 0.29) is 25.0 Å². The summed E-state index contributed by atoms with van der Waals surface area (Å²) in [5, 5.41) is 11.7. The van der Waals surface area contributed by atoms with Crippen LogP contribution >= 0.6 is 0 Å². The van der Waals surface area contributed by atoms with Gasteiger partial charge in [-0.05, 0) is 25.0 Å². The molecule has 1 aromatic heterocycles. The zero-order valence-corrected chi connectivity index (χ0v) is 9.73. The van der Waals surface area contributed by atoms with Gasteiger partial charge in [0.15, 0.2) is 0 Å². The summed E-state index contributed by atoms with van der Waals surface area (Å²) in [4.78, 5) is 15.8. The molecule has 1 amide bonds. The third-order valence-electron chi connectivity index (χ3n) is 2.52. The number of aryl methyl sites for hydroxylation is 1. The Labute approximate surface area is 95.7 Å². The highest BCUT2D eigenvalue weighted by atomic mass is 16.3. The molecule has 0 aliphatic rings. The van der Waals surface area contributed by atoms with Crippen molar-refractivity contribution in [1.82, 2.24) is 10.3 Å². The molecule has 4 heteroatoms. The first-order valence-electron chi connectivity index (χ1n) is 5.48. The lowest BCUT2D eigenvalue weighted by Gasteiger charge is -2.14. The lowest BCUT2D eigenvalue weighted by Crippen LogP contribution is -2.38. The van der Waals surface area contributed by atoms with Crippen molar-refractivity contribution in [3.63, 3.8) is 0 Å². The Morgan fingerprint density at radius 3 is 2.94 bits per heavy atom. The third-order valence-corrected chi connectivity index (χ3v) is 2.52. The predicted molar refractivity (Wildman–Crippen MR) is 62.0 cm³/mol. The van der Waals surface area contributed by atoms with Gasteiger partial charge in [0.1, 0.15) is 0 Å². The molecule has 0 saturated carbocycles. The second-order valence-electron chi connectivity index (χ2n) is 3.80. The van der Waals surface area contributed by atoms with Gasteiger partial charge in [-0.15, -0.1) is 0 Å². The molecule has 0 aliphatic heterocycles. The molecule has 1 aromatic rings. The van der Waals surface area contributed by atoms with Gasteiger partial charge in [-0.3, -0.25) is 9.78 Å². The van der Waals surface area contributed by atoms with E-state index in [0.717, 1.165) is 17.7 Å². The molecule has 16 heavy (non-hydrogen) atoms. The van der Waals surface area contributed by atoms with Crippen molar-refractivity contribution >= 4 is 5.91 Å². The van der Waals surface area contributed by atoms with Crippen LogP contribution in [0.15, 0.2) is 18.3 Å². The largest absolute Gasteiger partial charge is 0.394 e. The van der Waals surface area contributed by atoms with Gasteiger partial charge < -0.3 is 10.4 Å². The van der Waals surface area contributed by atoms with E-state index in [0.29, 0.717) is 0 Å². The molecule has 88 valence electrons. The summed E-state index contributed by atoms with van der Waals surface area (Å²) >= 11 is 0. The van der Waals surface area contributed by atoms with Gasteiger partial charge >= 0.3 is 0 Å². The van der Waals surface area contributed by atoms with Crippen LogP contribution in [0.25, 0.3) is 0 Å². The van der Waals surface area contributed by atoms with E-state index in [1.165, 1.54) is 0 Å². The van der Waals surface area contributed by atoms with Crippen molar-refractivity contribution < 1.29 is 9.90 Å². The highest BCUT2D eigenvalue weighted by Crippen LogP contribution is 2.04. The average Bonchev–Trinajstić information content (AvgIpc) is 2.29. The quantitative estimate of drug-likeness (QED) is 0.775. The molecule has 1 atom stereocenters. The molecule has 0 spiro atoms. The van der Waals surface area contributed by atoms with Crippen LogP contribution in [0.1, 0.15) is 24.6 Å². The minimum atomic E-state index is -0.156. The monoisotopic (exact) mass is 222 g/mol. The standard InChI is InChI=1S/C12H18N2O2/c1-3-10(8-15)14-12(16)7-11-9(2)5-4-6-13-11/h4-6,10,15H,3,7-8H2,1-2H3,(H,14,16). The van der Waals surface area contributed by atoms with E-state index in [4.69, 9.17) is 5.11 Å².